The van der Waals surface area contributed by atoms with Crippen LogP contribution in [0.25, 0.3) is 0 Å². The predicted molar refractivity (Wildman–Crippen MR) is 122 cm³/mol. The third-order valence-corrected chi connectivity index (χ3v) is 4.44. The summed E-state index contributed by atoms with van der Waals surface area (Å²) in [4.78, 5) is 24.7. The van der Waals surface area contributed by atoms with Crippen molar-refractivity contribution in [3.8, 4) is 17.2 Å². The molecule has 0 aliphatic rings. The van der Waals surface area contributed by atoms with Crippen LogP contribution in [0, 0.1) is 0 Å². The maximum Gasteiger partial charge on any atom is 0.338 e. The Kier molecular flexibility index (Phi) is 8.04. The van der Waals surface area contributed by atoms with Crippen LogP contribution >= 0.6 is 0 Å². The SMILES string of the molecule is CCOC(=O)c1ccc(Oc2cc(OC(C)COC)cc(C(=O)Nc3ccn(C)n3)c2)cc1. The molecule has 0 bridgehead atoms. The van der Waals surface area contributed by atoms with Gasteiger partial charge in [0.25, 0.3) is 5.91 Å². The van der Waals surface area contributed by atoms with Gasteiger partial charge in [-0.3, -0.25) is 9.48 Å². The Morgan fingerprint density at radius 3 is 2.39 bits per heavy atom. The van der Waals surface area contributed by atoms with Crippen LogP contribution < -0.4 is 14.8 Å². The molecular formula is C24H27N3O6. The highest BCUT2D eigenvalue weighted by atomic mass is 16.5. The topological polar surface area (TPSA) is 101 Å². The van der Waals surface area contributed by atoms with Gasteiger partial charge in [-0.15, -0.1) is 0 Å². The molecule has 0 aliphatic carbocycles. The van der Waals surface area contributed by atoms with Gasteiger partial charge in [-0.1, -0.05) is 0 Å². The van der Waals surface area contributed by atoms with Crippen LogP contribution in [0.3, 0.4) is 0 Å². The highest BCUT2D eigenvalue weighted by Crippen LogP contribution is 2.29. The summed E-state index contributed by atoms with van der Waals surface area (Å²) in [5, 5.41) is 6.91. The van der Waals surface area contributed by atoms with Gasteiger partial charge in [-0.25, -0.2) is 4.79 Å². The molecule has 1 amide bonds. The van der Waals surface area contributed by atoms with Gasteiger partial charge in [-0.2, -0.15) is 5.10 Å². The first-order chi connectivity index (χ1) is 15.9. The Morgan fingerprint density at radius 1 is 1.03 bits per heavy atom. The van der Waals surface area contributed by atoms with Gasteiger partial charge in [0.15, 0.2) is 5.82 Å². The number of hydrogen-bond acceptors (Lipinski definition) is 7. The van der Waals surface area contributed by atoms with Crippen molar-refractivity contribution in [2.24, 2.45) is 7.05 Å². The first kappa shape index (κ1) is 23.8. The van der Waals surface area contributed by atoms with Crippen molar-refractivity contribution in [2.45, 2.75) is 20.0 Å². The van der Waals surface area contributed by atoms with Crippen molar-refractivity contribution in [1.29, 1.82) is 0 Å². The molecule has 3 aromatic rings. The fraction of sp³-hybridized carbons (Fsp3) is 0.292. The molecule has 0 spiro atoms. The molecule has 1 atom stereocenters. The third kappa shape index (κ3) is 6.81. The smallest absolute Gasteiger partial charge is 0.338 e. The lowest BCUT2D eigenvalue weighted by atomic mass is 10.1. The van der Waals surface area contributed by atoms with Gasteiger partial charge in [0.05, 0.1) is 18.8 Å². The van der Waals surface area contributed by atoms with Crippen LogP contribution in [0.15, 0.2) is 54.7 Å². The summed E-state index contributed by atoms with van der Waals surface area (Å²) in [5.41, 5.74) is 0.756. The molecule has 1 aromatic heterocycles. The van der Waals surface area contributed by atoms with Gasteiger partial charge >= 0.3 is 5.97 Å². The first-order valence-corrected chi connectivity index (χ1v) is 10.4. The number of carbonyl (C=O) groups excluding carboxylic acids is 2. The maximum atomic E-state index is 12.8. The monoisotopic (exact) mass is 453 g/mol. The van der Waals surface area contributed by atoms with Gasteiger partial charge in [0, 0.05) is 38.1 Å². The highest BCUT2D eigenvalue weighted by molar-refractivity contribution is 6.04. The predicted octanol–water partition coefficient (Wildman–Crippen LogP) is 4.06. The molecule has 9 nitrogen and oxygen atoms in total. The lowest BCUT2D eigenvalue weighted by Gasteiger charge is -2.16. The number of methoxy groups -OCH3 is 1. The Balaban J connectivity index is 1.83. The molecule has 1 unspecified atom stereocenters. The van der Waals surface area contributed by atoms with Gasteiger partial charge in [-0.05, 0) is 50.2 Å². The second kappa shape index (κ2) is 11.1. The third-order valence-electron chi connectivity index (χ3n) is 4.44. The number of amides is 1. The number of ether oxygens (including phenoxy) is 4. The number of aromatic nitrogens is 2. The summed E-state index contributed by atoms with van der Waals surface area (Å²) in [6.07, 6.45) is 1.50. The van der Waals surface area contributed by atoms with Crippen molar-refractivity contribution in [1.82, 2.24) is 9.78 Å². The van der Waals surface area contributed by atoms with Crippen LogP contribution in [0.5, 0.6) is 17.2 Å². The van der Waals surface area contributed by atoms with E-state index in [-0.39, 0.29) is 12.0 Å². The normalized spacial score (nSPS) is 11.5. The second-order valence-corrected chi connectivity index (χ2v) is 7.25. The average Bonchev–Trinajstić information content (AvgIpc) is 3.18. The molecule has 1 heterocycles. The van der Waals surface area contributed by atoms with E-state index in [1.165, 1.54) is 0 Å². The summed E-state index contributed by atoms with van der Waals surface area (Å²) in [6, 6.07) is 13.1. The number of anilines is 1. The fourth-order valence-corrected chi connectivity index (χ4v) is 3.01. The van der Waals surface area contributed by atoms with Crippen molar-refractivity contribution in [3.63, 3.8) is 0 Å². The molecule has 1 N–H and O–H groups in total. The van der Waals surface area contributed by atoms with Crippen molar-refractivity contribution < 1.29 is 28.5 Å². The van der Waals surface area contributed by atoms with Crippen LogP contribution in [0.4, 0.5) is 5.82 Å². The lowest BCUT2D eigenvalue weighted by molar-refractivity contribution is 0.0526. The minimum atomic E-state index is -0.403. The van der Waals surface area contributed by atoms with Gasteiger partial charge < -0.3 is 24.3 Å². The minimum Gasteiger partial charge on any atom is -0.488 e. The number of rotatable bonds is 10. The summed E-state index contributed by atoms with van der Waals surface area (Å²) in [7, 11) is 3.35. The number of aryl methyl sites for hydroxylation is 1. The second-order valence-electron chi connectivity index (χ2n) is 7.25. The number of hydrogen-bond donors (Lipinski definition) is 1. The Labute approximate surface area is 192 Å². The molecule has 0 saturated heterocycles. The molecular weight excluding hydrogens is 426 g/mol. The maximum absolute atomic E-state index is 12.8. The first-order valence-electron chi connectivity index (χ1n) is 10.4. The van der Waals surface area contributed by atoms with Crippen LogP contribution in [0.1, 0.15) is 34.6 Å². The number of nitrogens with one attached hydrogen (secondary N) is 1. The van der Waals surface area contributed by atoms with Crippen molar-refractivity contribution in [2.75, 3.05) is 25.6 Å². The van der Waals surface area contributed by atoms with E-state index in [9.17, 15) is 9.59 Å². The molecule has 0 saturated carbocycles. The molecule has 2 aromatic carbocycles. The van der Waals surface area contributed by atoms with Gasteiger partial charge in [0.1, 0.15) is 23.4 Å². The summed E-state index contributed by atoms with van der Waals surface area (Å²) in [5.74, 6) is 1.000. The molecule has 0 radical (unpaired) electrons. The van der Waals surface area contributed by atoms with E-state index in [0.717, 1.165) is 0 Å². The zero-order valence-corrected chi connectivity index (χ0v) is 19.0. The fourth-order valence-electron chi connectivity index (χ4n) is 3.01. The van der Waals surface area contributed by atoms with E-state index >= 15 is 0 Å². The van der Waals surface area contributed by atoms with E-state index in [1.54, 1.807) is 80.5 Å². The van der Waals surface area contributed by atoms with E-state index in [1.807, 2.05) is 6.92 Å². The van der Waals surface area contributed by atoms with Crippen LogP contribution in [-0.4, -0.2) is 48.1 Å². The van der Waals surface area contributed by atoms with Gasteiger partial charge in [0.2, 0.25) is 0 Å². The standard InChI is InChI=1S/C24H27N3O6/c1-5-31-24(29)17-6-8-19(9-7-17)33-21-13-18(12-20(14-21)32-16(2)15-30-4)23(28)25-22-10-11-27(3)26-22/h6-14,16H,5,15H2,1-4H3,(H,25,26,28). The minimum absolute atomic E-state index is 0.235. The Bertz CT molecular complexity index is 1090. The molecule has 0 aliphatic heterocycles. The number of carbonyl (C=O) groups is 2. The number of benzene rings is 2. The molecule has 33 heavy (non-hydrogen) atoms. The van der Waals surface area contributed by atoms with Crippen molar-refractivity contribution in [3.05, 3.63) is 65.9 Å². The van der Waals surface area contributed by atoms with Crippen molar-refractivity contribution >= 4 is 17.7 Å². The largest absolute Gasteiger partial charge is 0.488 e. The summed E-state index contributed by atoms with van der Waals surface area (Å²) in [6.45, 7) is 4.29. The van der Waals surface area contributed by atoms with Crippen LogP contribution in [-0.2, 0) is 16.5 Å². The zero-order valence-electron chi connectivity index (χ0n) is 19.0. The van der Waals surface area contributed by atoms with E-state index in [0.29, 0.717) is 47.4 Å². The molecule has 3 rings (SSSR count). The highest BCUT2D eigenvalue weighted by Gasteiger charge is 2.14. The van der Waals surface area contributed by atoms with Crippen LogP contribution in [0.2, 0.25) is 0 Å². The van der Waals surface area contributed by atoms with E-state index < -0.39 is 5.97 Å². The number of esters is 1. The number of nitrogens with zero attached hydrogens (tertiary/aromatic N) is 2. The summed E-state index contributed by atoms with van der Waals surface area (Å²) >= 11 is 0. The Morgan fingerprint density at radius 2 is 1.76 bits per heavy atom. The molecule has 0 fully saturated rings. The molecule has 9 heteroatoms. The average molecular weight is 453 g/mol. The quantitative estimate of drug-likeness (QED) is 0.462. The van der Waals surface area contributed by atoms with E-state index in [4.69, 9.17) is 18.9 Å². The Hall–Kier alpha value is -3.85. The van der Waals surface area contributed by atoms with E-state index in [2.05, 4.69) is 10.4 Å². The molecule has 174 valence electrons. The zero-order chi connectivity index (χ0) is 23.8. The summed E-state index contributed by atoms with van der Waals surface area (Å²) < 4.78 is 23.5. The lowest BCUT2D eigenvalue weighted by Crippen LogP contribution is -2.18.